The number of methoxy groups -OCH3 is 2. The molecule has 0 unspecified atom stereocenters. The van der Waals surface area contributed by atoms with Crippen molar-refractivity contribution in [2.45, 2.75) is 6.42 Å². The predicted octanol–water partition coefficient (Wildman–Crippen LogP) is 3.05. The van der Waals surface area contributed by atoms with Crippen LogP contribution in [0.3, 0.4) is 0 Å². The van der Waals surface area contributed by atoms with E-state index in [0.29, 0.717) is 30.1 Å². The van der Waals surface area contributed by atoms with Gasteiger partial charge in [0, 0.05) is 31.5 Å². The summed E-state index contributed by atoms with van der Waals surface area (Å²) in [6, 6.07) is 9.98. The molecule has 0 fully saturated rings. The first-order valence-corrected chi connectivity index (χ1v) is 8.56. The third-order valence-electron chi connectivity index (χ3n) is 4.01. The van der Waals surface area contributed by atoms with Gasteiger partial charge in [-0.1, -0.05) is 23.9 Å². The zero-order chi connectivity index (χ0) is 19.9. The first-order valence-electron chi connectivity index (χ1n) is 8.56. The molecule has 8 heteroatoms. The lowest BCUT2D eigenvalue weighted by Gasteiger charge is -2.10. The van der Waals surface area contributed by atoms with Gasteiger partial charge in [-0.15, -0.1) is 5.10 Å². The van der Waals surface area contributed by atoms with E-state index in [9.17, 15) is 4.39 Å². The molecule has 28 heavy (non-hydrogen) atoms. The molecule has 3 aromatic rings. The number of ether oxygens (including phenoxy) is 2. The maximum atomic E-state index is 14.3. The molecule has 0 atom stereocenters. The smallest absolute Gasteiger partial charge is 0.244 e. The number of halogens is 1. The molecule has 0 aliphatic heterocycles. The van der Waals surface area contributed by atoms with Crippen LogP contribution in [0.2, 0.25) is 0 Å². The summed E-state index contributed by atoms with van der Waals surface area (Å²) in [5, 5.41) is 8.30. The second-order valence-electron chi connectivity index (χ2n) is 5.80. The molecule has 2 heterocycles. The van der Waals surface area contributed by atoms with Crippen molar-refractivity contribution in [1.29, 1.82) is 0 Å². The molecular formula is C20H20FN5O2. The standard InChI is InChI=1S/C20H20FN5O2/c1-14(15-7-6-11-22-13-15)23-20(28-3)19-18(10-12-27-2)26(25-24-19)17-9-5-4-8-16(17)21/h4-9,11,13H,1,10,12H2,2-3H3/b23-20-. The second-order valence-corrected chi connectivity index (χ2v) is 5.80. The van der Waals surface area contributed by atoms with Gasteiger partial charge in [-0.25, -0.2) is 14.1 Å². The Morgan fingerprint density at radius 3 is 2.71 bits per heavy atom. The van der Waals surface area contributed by atoms with Crippen molar-refractivity contribution in [3.63, 3.8) is 0 Å². The van der Waals surface area contributed by atoms with Crippen LogP contribution in [0, 0.1) is 5.82 Å². The normalized spacial score (nSPS) is 11.5. The Kier molecular flexibility index (Phi) is 6.23. The van der Waals surface area contributed by atoms with Crippen molar-refractivity contribution < 1.29 is 13.9 Å². The van der Waals surface area contributed by atoms with Gasteiger partial charge in [0.1, 0.15) is 11.5 Å². The summed E-state index contributed by atoms with van der Waals surface area (Å²) in [5.41, 5.74) is 2.51. The van der Waals surface area contributed by atoms with Crippen molar-refractivity contribution in [1.82, 2.24) is 20.0 Å². The number of para-hydroxylation sites is 1. The van der Waals surface area contributed by atoms with E-state index in [1.165, 1.54) is 17.9 Å². The quantitative estimate of drug-likeness (QED) is 0.464. The van der Waals surface area contributed by atoms with Crippen molar-refractivity contribution in [3.05, 3.63) is 78.1 Å². The summed E-state index contributed by atoms with van der Waals surface area (Å²) in [6.45, 7) is 4.36. The molecule has 0 saturated heterocycles. The van der Waals surface area contributed by atoms with E-state index >= 15 is 0 Å². The van der Waals surface area contributed by atoms with Crippen LogP contribution in [0.1, 0.15) is 17.0 Å². The van der Waals surface area contributed by atoms with Gasteiger partial charge in [-0.3, -0.25) is 4.98 Å². The van der Waals surface area contributed by atoms with Crippen molar-refractivity contribution in [3.8, 4) is 5.69 Å². The van der Waals surface area contributed by atoms with Crippen molar-refractivity contribution in [2.75, 3.05) is 20.8 Å². The van der Waals surface area contributed by atoms with Crippen LogP contribution in [0.25, 0.3) is 11.4 Å². The average Bonchev–Trinajstić information content (AvgIpc) is 3.14. The van der Waals surface area contributed by atoms with E-state index < -0.39 is 5.82 Å². The monoisotopic (exact) mass is 381 g/mol. The lowest BCUT2D eigenvalue weighted by molar-refractivity contribution is 0.200. The molecule has 1 aromatic carbocycles. The van der Waals surface area contributed by atoms with Gasteiger partial charge in [0.2, 0.25) is 5.90 Å². The fourth-order valence-corrected chi connectivity index (χ4v) is 2.62. The third kappa shape index (κ3) is 4.12. The molecule has 144 valence electrons. The van der Waals surface area contributed by atoms with Crippen LogP contribution in [0.4, 0.5) is 4.39 Å². The number of hydrogen-bond acceptors (Lipinski definition) is 6. The first kappa shape index (κ1) is 19.4. The molecule has 3 rings (SSSR count). The molecule has 0 aliphatic carbocycles. The van der Waals surface area contributed by atoms with E-state index in [4.69, 9.17) is 9.47 Å². The minimum Gasteiger partial charge on any atom is -0.479 e. The van der Waals surface area contributed by atoms with Gasteiger partial charge in [0.15, 0.2) is 5.69 Å². The largest absolute Gasteiger partial charge is 0.479 e. The lowest BCUT2D eigenvalue weighted by atomic mass is 10.2. The number of hydrogen-bond donors (Lipinski definition) is 0. The van der Waals surface area contributed by atoms with Crippen LogP contribution in [0.5, 0.6) is 0 Å². The number of pyridine rings is 1. The Morgan fingerprint density at radius 1 is 1.21 bits per heavy atom. The Hall–Kier alpha value is -3.39. The maximum Gasteiger partial charge on any atom is 0.244 e. The Balaban J connectivity index is 2.05. The highest BCUT2D eigenvalue weighted by Gasteiger charge is 2.21. The zero-order valence-electron chi connectivity index (χ0n) is 15.7. The van der Waals surface area contributed by atoms with E-state index in [-0.39, 0.29) is 11.6 Å². The summed E-state index contributed by atoms with van der Waals surface area (Å²) >= 11 is 0. The topological polar surface area (TPSA) is 74.4 Å². The van der Waals surface area contributed by atoms with Crippen LogP contribution in [0.15, 0.2) is 60.4 Å². The predicted molar refractivity (Wildman–Crippen MR) is 104 cm³/mol. The van der Waals surface area contributed by atoms with Gasteiger partial charge in [-0.05, 0) is 24.3 Å². The number of rotatable bonds is 7. The summed E-state index contributed by atoms with van der Waals surface area (Å²) in [5.74, 6) is -0.184. The van der Waals surface area contributed by atoms with Gasteiger partial charge in [0.05, 0.1) is 25.1 Å². The van der Waals surface area contributed by atoms with Gasteiger partial charge in [-0.2, -0.15) is 0 Å². The molecular weight excluding hydrogens is 361 g/mol. The fourth-order valence-electron chi connectivity index (χ4n) is 2.62. The summed E-state index contributed by atoms with van der Waals surface area (Å²) in [7, 11) is 3.07. The van der Waals surface area contributed by atoms with Gasteiger partial charge >= 0.3 is 0 Å². The van der Waals surface area contributed by atoms with Crippen molar-refractivity contribution in [2.24, 2.45) is 4.99 Å². The summed E-state index contributed by atoms with van der Waals surface area (Å²) in [4.78, 5) is 8.51. The molecule has 0 saturated carbocycles. The molecule has 0 aliphatic rings. The number of aromatic nitrogens is 4. The zero-order valence-corrected chi connectivity index (χ0v) is 15.7. The molecule has 0 N–H and O–H groups in total. The molecule has 7 nitrogen and oxygen atoms in total. The Labute approximate surface area is 162 Å². The van der Waals surface area contributed by atoms with E-state index in [0.717, 1.165) is 5.56 Å². The SMILES string of the molecule is C=C(/N=C(\OC)c1nnn(-c2ccccc2F)c1CCOC)c1cccnc1. The molecule has 2 aromatic heterocycles. The number of benzene rings is 1. The minimum atomic E-state index is -0.409. The fraction of sp³-hybridized carbons (Fsp3) is 0.200. The second kappa shape index (κ2) is 9.01. The van der Waals surface area contributed by atoms with Crippen LogP contribution in [-0.4, -0.2) is 46.7 Å². The van der Waals surface area contributed by atoms with E-state index in [2.05, 4.69) is 26.9 Å². The lowest BCUT2D eigenvalue weighted by Crippen LogP contribution is -2.13. The number of aliphatic imine (C=N–C) groups is 1. The third-order valence-corrected chi connectivity index (χ3v) is 4.01. The minimum absolute atomic E-state index is 0.225. The van der Waals surface area contributed by atoms with Crippen LogP contribution < -0.4 is 0 Å². The van der Waals surface area contributed by atoms with Gasteiger partial charge < -0.3 is 9.47 Å². The van der Waals surface area contributed by atoms with Crippen LogP contribution >= 0.6 is 0 Å². The summed E-state index contributed by atoms with van der Waals surface area (Å²) in [6.07, 6.45) is 3.76. The van der Waals surface area contributed by atoms with Crippen LogP contribution in [-0.2, 0) is 15.9 Å². The highest BCUT2D eigenvalue weighted by Crippen LogP contribution is 2.20. The van der Waals surface area contributed by atoms with E-state index in [1.807, 2.05) is 6.07 Å². The number of nitrogens with zero attached hydrogens (tertiary/aromatic N) is 5. The highest BCUT2D eigenvalue weighted by molar-refractivity contribution is 5.96. The molecule has 0 radical (unpaired) electrons. The molecule has 0 spiro atoms. The summed E-state index contributed by atoms with van der Waals surface area (Å²) < 4.78 is 26.4. The van der Waals surface area contributed by atoms with E-state index in [1.54, 1.807) is 43.8 Å². The highest BCUT2D eigenvalue weighted by atomic mass is 19.1. The average molecular weight is 381 g/mol. The molecule has 0 bridgehead atoms. The first-order chi connectivity index (χ1) is 13.7. The Morgan fingerprint density at radius 2 is 2.04 bits per heavy atom. The maximum absolute atomic E-state index is 14.3. The van der Waals surface area contributed by atoms with Gasteiger partial charge in [0.25, 0.3) is 0 Å². The Bertz CT molecular complexity index is 985. The molecule has 0 amide bonds. The van der Waals surface area contributed by atoms with Crippen molar-refractivity contribution >= 4 is 11.6 Å².